The number of amides is 1. The molecule has 0 fully saturated rings. The third-order valence-electron chi connectivity index (χ3n) is 3.01. The van der Waals surface area contributed by atoms with E-state index in [1.807, 2.05) is 6.92 Å². The van der Waals surface area contributed by atoms with Gasteiger partial charge in [0.05, 0.1) is 11.8 Å². The molecule has 0 spiro atoms. The first-order valence-corrected chi connectivity index (χ1v) is 7.60. The van der Waals surface area contributed by atoms with Crippen molar-refractivity contribution in [3.05, 3.63) is 46.5 Å². The van der Waals surface area contributed by atoms with Gasteiger partial charge in [0.25, 0.3) is 5.91 Å². The fraction of sp³-hybridized carbons (Fsp3) is 0.267. The summed E-state index contributed by atoms with van der Waals surface area (Å²) in [5, 5.41) is 12.7. The van der Waals surface area contributed by atoms with E-state index in [1.54, 1.807) is 30.3 Å². The van der Waals surface area contributed by atoms with Crippen molar-refractivity contribution in [1.29, 1.82) is 0 Å². The summed E-state index contributed by atoms with van der Waals surface area (Å²) in [7, 11) is 1.71. The van der Waals surface area contributed by atoms with Crippen molar-refractivity contribution in [2.24, 2.45) is 0 Å². The van der Waals surface area contributed by atoms with Crippen LogP contribution in [-0.2, 0) is 6.54 Å². The summed E-state index contributed by atoms with van der Waals surface area (Å²) in [6.07, 6.45) is 1.56. The number of rotatable bonds is 6. The molecule has 6 nitrogen and oxygen atoms in total. The van der Waals surface area contributed by atoms with E-state index in [2.05, 4.69) is 10.3 Å². The van der Waals surface area contributed by atoms with Crippen LogP contribution in [0.4, 0.5) is 5.13 Å². The Bertz CT molecular complexity index is 667. The number of benzene rings is 1. The van der Waals surface area contributed by atoms with Crippen LogP contribution in [0.2, 0.25) is 0 Å². The molecule has 0 aliphatic rings. The Morgan fingerprint density at radius 3 is 2.59 bits per heavy atom. The molecule has 0 saturated heterocycles. The molecule has 0 bridgehead atoms. The number of carboxylic acids is 1. The molecule has 7 heteroatoms. The highest BCUT2D eigenvalue weighted by Gasteiger charge is 2.15. The maximum absolute atomic E-state index is 12.3. The number of thiazole rings is 1. The maximum atomic E-state index is 12.3. The predicted octanol–water partition coefficient (Wildman–Crippen LogP) is 2.55. The zero-order chi connectivity index (χ0) is 16.1. The topological polar surface area (TPSA) is 82.5 Å². The highest BCUT2D eigenvalue weighted by Crippen LogP contribution is 2.20. The Morgan fingerprint density at radius 2 is 2.00 bits per heavy atom. The van der Waals surface area contributed by atoms with E-state index in [4.69, 9.17) is 5.11 Å². The second kappa shape index (κ2) is 7.04. The Kier molecular flexibility index (Phi) is 5.11. The number of nitrogens with zero attached hydrogens (tertiary/aromatic N) is 2. The molecule has 22 heavy (non-hydrogen) atoms. The Morgan fingerprint density at radius 1 is 1.32 bits per heavy atom. The fourth-order valence-electron chi connectivity index (χ4n) is 1.89. The minimum Gasteiger partial charge on any atom is -0.478 e. The lowest BCUT2D eigenvalue weighted by molar-refractivity contribution is 0.0695. The highest BCUT2D eigenvalue weighted by molar-refractivity contribution is 7.17. The van der Waals surface area contributed by atoms with Crippen LogP contribution >= 0.6 is 11.3 Å². The SMILES string of the molecule is CCNc1ncc(C(=O)N(C)Cc2ccc(C(=O)O)cc2)s1. The second-order valence-electron chi connectivity index (χ2n) is 4.72. The lowest BCUT2D eigenvalue weighted by Gasteiger charge is -2.16. The molecule has 1 aromatic carbocycles. The monoisotopic (exact) mass is 319 g/mol. The van der Waals surface area contributed by atoms with Gasteiger partial charge in [-0.2, -0.15) is 0 Å². The summed E-state index contributed by atoms with van der Waals surface area (Å²) in [5.41, 5.74) is 1.10. The zero-order valence-electron chi connectivity index (χ0n) is 12.4. The van der Waals surface area contributed by atoms with Crippen molar-refractivity contribution in [2.75, 3.05) is 18.9 Å². The smallest absolute Gasteiger partial charge is 0.335 e. The molecule has 0 aliphatic carbocycles. The van der Waals surface area contributed by atoms with E-state index < -0.39 is 5.97 Å². The summed E-state index contributed by atoms with van der Waals surface area (Å²) in [5.74, 6) is -1.07. The van der Waals surface area contributed by atoms with Gasteiger partial charge in [0.1, 0.15) is 4.88 Å². The first-order chi connectivity index (χ1) is 10.5. The van der Waals surface area contributed by atoms with Crippen LogP contribution in [-0.4, -0.2) is 40.5 Å². The van der Waals surface area contributed by atoms with Gasteiger partial charge >= 0.3 is 5.97 Å². The molecule has 1 aromatic heterocycles. The van der Waals surface area contributed by atoms with Gasteiger partial charge in [-0.25, -0.2) is 9.78 Å². The van der Waals surface area contributed by atoms with Crippen molar-refractivity contribution in [3.63, 3.8) is 0 Å². The van der Waals surface area contributed by atoms with E-state index in [9.17, 15) is 9.59 Å². The molecule has 1 heterocycles. The molecular formula is C15H17N3O3S. The van der Waals surface area contributed by atoms with Gasteiger partial charge in [0.2, 0.25) is 0 Å². The van der Waals surface area contributed by atoms with Crippen molar-refractivity contribution in [2.45, 2.75) is 13.5 Å². The van der Waals surface area contributed by atoms with E-state index >= 15 is 0 Å². The third-order valence-corrected chi connectivity index (χ3v) is 3.95. The van der Waals surface area contributed by atoms with Crippen LogP contribution in [0, 0.1) is 0 Å². The number of carbonyl (C=O) groups excluding carboxylic acids is 1. The van der Waals surface area contributed by atoms with Crippen LogP contribution in [0.3, 0.4) is 0 Å². The van der Waals surface area contributed by atoms with Crippen molar-refractivity contribution >= 4 is 28.3 Å². The molecule has 2 N–H and O–H groups in total. The molecule has 116 valence electrons. The molecule has 0 atom stereocenters. The second-order valence-corrected chi connectivity index (χ2v) is 5.75. The lowest BCUT2D eigenvalue weighted by Crippen LogP contribution is -2.25. The molecule has 0 unspecified atom stereocenters. The van der Waals surface area contributed by atoms with Crippen molar-refractivity contribution in [1.82, 2.24) is 9.88 Å². The predicted molar refractivity (Wildman–Crippen MR) is 85.5 cm³/mol. The van der Waals surface area contributed by atoms with Gasteiger partial charge < -0.3 is 15.3 Å². The largest absolute Gasteiger partial charge is 0.478 e. The van der Waals surface area contributed by atoms with E-state index in [0.717, 1.165) is 17.2 Å². The van der Waals surface area contributed by atoms with Crippen LogP contribution in [0.1, 0.15) is 32.5 Å². The Hall–Kier alpha value is -2.41. The number of aromatic nitrogens is 1. The van der Waals surface area contributed by atoms with Gasteiger partial charge in [0, 0.05) is 20.1 Å². The number of carboxylic acid groups (broad SMARTS) is 1. The van der Waals surface area contributed by atoms with Crippen LogP contribution in [0.5, 0.6) is 0 Å². The van der Waals surface area contributed by atoms with Crippen LogP contribution in [0.15, 0.2) is 30.5 Å². The van der Waals surface area contributed by atoms with Gasteiger partial charge in [-0.15, -0.1) is 0 Å². The quantitative estimate of drug-likeness (QED) is 0.855. The van der Waals surface area contributed by atoms with Gasteiger partial charge in [-0.1, -0.05) is 23.5 Å². The number of hydrogen-bond acceptors (Lipinski definition) is 5. The Balaban J connectivity index is 2.02. The molecular weight excluding hydrogens is 302 g/mol. The number of aromatic carboxylic acids is 1. The van der Waals surface area contributed by atoms with Crippen molar-refractivity contribution in [3.8, 4) is 0 Å². The van der Waals surface area contributed by atoms with Crippen LogP contribution < -0.4 is 5.32 Å². The summed E-state index contributed by atoms with van der Waals surface area (Å²) in [4.78, 5) is 29.4. The zero-order valence-corrected chi connectivity index (χ0v) is 13.2. The third kappa shape index (κ3) is 3.82. The molecule has 2 rings (SSSR count). The molecule has 1 amide bonds. The van der Waals surface area contributed by atoms with Gasteiger partial charge in [-0.3, -0.25) is 4.79 Å². The minimum absolute atomic E-state index is 0.107. The standard InChI is InChI=1S/C15H17N3O3S/c1-3-16-15-17-8-12(22-15)13(19)18(2)9-10-4-6-11(7-5-10)14(20)21/h4-8H,3,9H2,1-2H3,(H,16,17)(H,20,21). The average molecular weight is 319 g/mol. The maximum Gasteiger partial charge on any atom is 0.335 e. The molecule has 0 aliphatic heterocycles. The summed E-state index contributed by atoms with van der Waals surface area (Å²) in [6, 6.07) is 6.49. The van der Waals surface area contributed by atoms with Crippen LogP contribution in [0.25, 0.3) is 0 Å². The number of anilines is 1. The number of hydrogen-bond donors (Lipinski definition) is 2. The number of nitrogens with one attached hydrogen (secondary N) is 1. The minimum atomic E-state index is -0.961. The van der Waals surface area contributed by atoms with Gasteiger partial charge in [0.15, 0.2) is 5.13 Å². The van der Waals surface area contributed by atoms with E-state index in [1.165, 1.54) is 23.5 Å². The normalized spacial score (nSPS) is 10.3. The summed E-state index contributed by atoms with van der Waals surface area (Å²) < 4.78 is 0. The molecule has 2 aromatic rings. The molecule has 0 radical (unpaired) electrons. The fourth-order valence-corrected chi connectivity index (χ4v) is 2.77. The Labute approximate surface area is 132 Å². The molecule has 0 saturated carbocycles. The van der Waals surface area contributed by atoms with Gasteiger partial charge in [-0.05, 0) is 24.6 Å². The first kappa shape index (κ1) is 16.0. The van der Waals surface area contributed by atoms with Crippen molar-refractivity contribution < 1.29 is 14.7 Å². The number of carbonyl (C=O) groups is 2. The van der Waals surface area contributed by atoms with E-state index in [0.29, 0.717) is 11.4 Å². The summed E-state index contributed by atoms with van der Waals surface area (Å²) >= 11 is 1.32. The summed E-state index contributed by atoms with van der Waals surface area (Å²) in [6.45, 7) is 3.13. The lowest BCUT2D eigenvalue weighted by atomic mass is 10.1. The van der Waals surface area contributed by atoms with E-state index in [-0.39, 0.29) is 11.5 Å². The first-order valence-electron chi connectivity index (χ1n) is 6.78. The average Bonchev–Trinajstić information content (AvgIpc) is 2.96. The highest BCUT2D eigenvalue weighted by atomic mass is 32.1.